The second-order valence-electron chi connectivity index (χ2n) is 8.73. The summed E-state index contributed by atoms with van der Waals surface area (Å²) in [5.41, 5.74) is 1.93. The Morgan fingerprint density at radius 3 is 2.29 bits per heavy atom. The van der Waals surface area contributed by atoms with Crippen LogP contribution >= 0.6 is 0 Å². The van der Waals surface area contributed by atoms with Gasteiger partial charge in [-0.2, -0.15) is 0 Å². The third kappa shape index (κ3) is 3.21. The van der Waals surface area contributed by atoms with Crippen LogP contribution in [0.15, 0.2) is 34.6 Å². The zero-order chi connectivity index (χ0) is 18.4. The second-order valence-corrected chi connectivity index (χ2v) is 13.5. The first-order valence-corrected chi connectivity index (χ1v) is 11.7. The van der Waals surface area contributed by atoms with E-state index in [1.807, 2.05) is 26.8 Å². The highest BCUT2D eigenvalue weighted by atomic mass is 28.4. The van der Waals surface area contributed by atoms with Crippen molar-refractivity contribution < 1.29 is 14.0 Å². The first-order valence-electron chi connectivity index (χ1n) is 8.79. The van der Waals surface area contributed by atoms with Crippen LogP contribution in [-0.4, -0.2) is 19.9 Å². The fourth-order valence-corrected chi connectivity index (χ4v) is 4.07. The van der Waals surface area contributed by atoms with E-state index in [1.165, 1.54) is 6.08 Å². The van der Waals surface area contributed by atoms with Crippen LogP contribution in [0.25, 0.3) is 0 Å². The maximum absolute atomic E-state index is 12.9. The number of ketones is 2. The summed E-state index contributed by atoms with van der Waals surface area (Å²) in [6.45, 7) is 16.9. The normalized spacial score (nSPS) is 22.5. The lowest BCUT2D eigenvalue weighted by atomic mass is 9.76. The van der Waals surface area contributed by atoms with Gasteiger partial charge in [0.25, 0.3) is 0 Å². The molecule has 3 nitrogen and oxygen atoms in total. The van der Waals surface area contributed by atoms with Crippen molar-refractivity contribution in [3.8, 4) is 0 Å². The van der Waals surface area contributed by atoms with Gasteiger partial charge in [-0.05, 0) is 42.6 Å². The maximum Gasteiger partial charge on any atom is 0.250 e. The van der Waals surface area contributed by atoms with E-state index >= 15 is 0 Å². The molecule has 0 N–H and O–H groups in total. The predicted molar refractivity (Wildman–Crippen MR) is 100 cm³/mol. The summed E-state index contributed by atoms with van der Waals surface area (Å²) in [6.07, 6.45) is 4.03. The van der Waals surface area contributed by atoms with Crippen LogP contribution in [0.3, 0.4) is 0 Å². The number of carbonyl (C=O) groups excluding carboxylic acids is 2. The van der Waals surface area contributed by atoms with Gasteiger partial charge in [0.2, 0.25) is 8.32 Å². The Morgan fingerprint density at radius 1 is 1.21 bits per heavy atom. The molecule has 0 aromatic rings. The Morgan fingerprint density at radius 2 is 1.79 bits per heavy atom. The number of Topliss-reactive ketones (excluding diaryl/α,β-unsaturated/α-hetero) is 1. The van der Waals surface area contributed by atoms with Gasteiger partial charge in [-0.15, -0.1) is 0 Å². The van der Waals surface area contributed by atoms with Gasteiger partial charge in [0.15, 0.2) is 11.6 Å². The molecule has 0 aliphatic heterocycles. The van der Waals surface area contributed by atoms with Crippen LogP contribution < -0.4 is 0 Å². The van der Waals surface area contributed by atoms with E-state index in [0.717, 1.165) is 5.76 Å². The lowest BCUT2D eigenvalue weighted by molar-refractivity contribution is -0.116. The minimum atomic E-state index is -1.97. The average Bonchev–Trinajstić information content (AvgIpc) is 2.43. The zero-order valence-electron chi connectivity index (χ0n) is 16.2. The molecule has 0 aromatic heterocycles. The molecule has 2 aliphatic rings. The molecule has 2 aliphatic carbocycles. The summed E-state index contributed by atoms with van der Waals surface area (Å²) in [5, 5.41) is 0.0948. The van der Waals surface area contributed by atoms with E-state index in [4.69, 9.17) is 4.43 Å². The summed E-state index contributed by atoms with van der Waals surface area (Å²) in [4.78, 5) is 25.4. The van der Waals surface area contributed by atoms with Crippen molar-refractivity contribution in [3.63, 3.8) is 0 Å². The van der Waals surface area contributed by atoms with Crippen molar-refractivity contribution in [1.29, 1.82) is 0 Å². The molecule has 0 heterocycles. The Balaban J connectivity index is 2.34. The van der Waals surface area contributed by atoms with Crippen LogP contribution in [0, 0.1) is 11.8 Å². The highest BCUT2D eigenvalue weighted by Crippen LogP contribution is 2.43. The van der Waals surface area contributed by atoms with Crippen LogP contribution in [0.4, 0.5) is 0 Å². The molecule has 0 saturated carbocycles. The van der Waals surface area contributed by atoms with Crippen molar-refractivity contribution in [2.45, 2.75) is 66.1 Å². The molecule has 0 saturated heterocycles. The van der Waals surface area contributed by atoms with Gasteiger partial charge in [0, 0.05) is 22.6 Å². The van der Waals surface area contributed by atoms with Crippen molar-refractivity contribution in [1.82, 2.24) is 0 Å². The molecule has 0 radical (unpaired) electrons. The molecule has 0 aromatic carbocycles. The Hall–Kier alpha value is -1.42. The number of rotatable bonds is 3. The van der Waals surface area contributed by atoms with Crippen LogP contribution in [-0.2, 0) is 14.0 Å². The molecular formula is C20H30O3Si. The van der Waals surface area contributed by atoms with Crippen molar-refractivity contribution >= 4 is 19.9 Å². The van der Waals surface area contributed by atoms with E-state index in [0.29, 0.717) is 23.1 Å². The van der Waals surface area contributed by atoms with Gasteiger partial charge in [0.1, 0.15) is 0 Å². The monoisotopic (exact) mass is 346 g/mol. The first kappa shape index (κ1) is 18.9. The summed E-state index contributed by atoms with van der Waals surface area (Å²) >= 11 is 0. The number of hydrogen-bond donors (Lipinski definition) is 0. The number of allylic oxidation sites excluding steroid dienone is 5. The van der Waals surface area contributed by atoms with Gasteiger partial charge in [-0.1, -0.05) is 41.5 Å². The van der Waals surface area contributed by atoms with Crippen molar-refractivity contribution in [3.05, 3.63) is 34.6 Å². The van der Waals surface area contributed by atoms with Crippen LogP contribution in [0.5, 0.6) is 0 Å². The Kier molecular flexibility index (Phi) is 4.84. The average molecular weight is 347 g/mol. The van der Waals surface area contributed by atoms with Gasteiger partial charge in [-0.25, -0.2) is 0 Å². The molecule has 2 rings (SSSR count). The van der Waals surface area contributed by atoms with Gasteiger partial charge in [-0.3, -0.25) is 9.59 Å². The highest BCUT2D eigenvalue weighted by molar-refractivity contribution is 6.74. The lowest BCUT2D eigenvalue weighted by Gasteiger charge is -2.40. The number of hydrogen-bond acceptors (Lipinski definition) is 3. The molecule has 1 atom stereocenters. The molecule has 0 fully saturated rings. The standard InChI is InChI=1S/C20H30O3Si/c1-12(2)15-11-16(21)14-9-10-17(13(3)18(14)19(15)22)23-24(7,8)20(4,5)6/h10-13H,9H2,1-8H3/t13-/m1/s1. The molecule has 0 unspecified atom stereocenters. The summed E-state index contributed by atoms with van der Waals surface area (Å²) < 4.78 is 6.47. The quantitative estimate of drug-likeness (QED) is 0.536. The van der Waals surface area contributed by atoms with Crippen LogP contribution in [0.1, 0.15) is 48.0 Å². The minimum Gasteiger partial charge on any atom is -0.546 e. The first-order chi connectivity index (χ1) is 10.9. The fourth-order valence-electron chi connectivity index (χ4n) is 2.92. The van der Waals surface area contributed by atoms with Crippen molar-refractivity contribution in [2.24, 2.45) is 11.8 Å². The van der Waals surface area contributed by atoms with Crippen molar-refractivity contribution in [2.75, 3.05) is 0 Å². The van der Waals surface area contributed by atoms with Gasteiger partial charge in [0.05, 0.1) is 5.76 Å². The fraction of sp³-hybridized carbons (Fsp3) is 0.600. The predicted octanol–water partition coefficient (Wildman–Crippen LogP) is 4.96. The zero-order valence-corrected chi connectivity index (χ0v) is 17.2. The molecule has 4 heteroatoms. The maximum atomic E-state index is 12.9. The SMILES string of the molecule is CC(C)C1=CC(=O)C2=C(C1=O)[C@H](C)C(O[Si](C)(C)C(C)(C)C)=CC2. The molecule has 132 valence electrons. The topological polar surface area (TPSA) is 43.4 Å². The van der Waals surface area contributed by atoms with E-state index in [9.17, 15) is 9.59 Å². The third-order valence-electron chi connectivity index (χ3n) is 5.58. The highest BCUT2D eigenvalue weighted by Gasteiger charge is 2.42. The van der Waals surface area contributed by atoms with E-state index in [1.54, 1.807) is 0 Å². The summed E-state index contributed by atoms with van der Waals surface area (Å²) in [5.74, 6) is 0.783. The summed E-state index contributed by atoms with van der Waals surface area (Å²) in [6, 6.07) is 0. The molecular weight excluding hydrogens is 316 g/mol. The molecule has 24 heavy (non-hydrogen) atoms. The van der Waals surface area contributed by atoms with E-state index in [2.05, 4.69) is 33.9 Å². The minimum absolute atomic E-state index is 0.0113. The second kappa shape index (κ2) is 6.14. The van der Waals surface area contributed by atoms with E-state index in [-0.39, 0.29) is 28.4 Å². The Labute approximate surface area is 147 Å². The number of carbonyl (C=O) groups is 2. The van der Waals surface area contributed by atoms with Gasteiger partial charge < -0.3 is 4.43 Å². The molecule has 0 bridgehead atoms. The molecule has 0 spiro atoms. The van der Waals surface area contributed by atoms with Gasteiger partial charge >= 0.3 is 0 Å². The largest absolute Gasteiger partial charge is 0.546 e. The van der Waals surface area contributed by atoms with E-state index < -0.39 is 8.32 Å². The smallest absolute Gasteiger partial charge is 0.250 e. The Bertz CT molecular complexity index is 669. The lowest BCUT2D eigenvalue weighted by Crippen LogP contribution is -2.42. The third-order valence-corrected chi connectivity index (χ3v) is 9.94. The summed E-state index contributed by atoms with van der Waals surface area (Å²) in [7, 11) is -1.97. The molecule has 0 amide bonds. The van der Waals surface area contributed by atoms with Crippen LogP contribution in [0.2, 0.25) is 18.1 Å².